The molecule has 142 valence electrons. The average Bonchev–Trinajstić information content (AvgIpc) is 2.85. The van der Waals surface area contributed by atoms with Crippen LogP contribution in [0, 0.1) is 5.92 Å². The zero-order valence-corrected chi connectivity index (χ0v) is 15.7. The van der Waals surface area contributed by atoms with Gasteiger partial charge in [0.05, 0.1) is 6.61 Å². The third-order valence-electron chi connectivity index (χ3n) is 4.02. The van der Waals surface area contributed by atoms with E-state index < -0.39 is 35.5 Å². The molecule has 1 fully saturated rings. The van der Waals surface area contributed by atoms with Gasteiger partial charge >= 0.3 is 12.1 Å². The molecule has 0 unspecified atom stereocenters. The minimum atomic E-state index is -0.962. The highest BCUT2D eigenvalue weighted by atomic mass is 16.6. The summed E-state index contributed by atoms with van der Waals surface area (Å²) in [5.74, 6) is -1.51. The maximum atomic E-state index is 12.8. The van der Waals surface area contributed by atoms with Crippen LogP contribution in [0.2, 0.25) is 0 Å². The van der Waals surface area contributed by atoms with Gasteiger partial charge in [0.2, 0.25) is 5.91 Å². The number of likely N-dealkylation sites (tertiary alicyclic amines) is 1. The van der Waals surface area contributed by atoms with Crippen LogP contribution >= 0.6 is 0 Å². The van der Waals surface area contributed by atoms with Gasteiger partial charge in [-0.1, -0.05) is 12.1 Å². The lowest BCUT2D eigenvalue weighted by Crippen LogP contribution is -2.46. The van der Waals surface area contributed by atoms with Crippen LogP contribution < -0.4 is 5.73 Å². The second-order valence-electron chi connectivity index (χ2n) is 7.33. The number of carbonyl (C=O) groups excluding carboxylic acids is 3. The third-order valence-corrected chi connectivity index (χ3v) is 4.02. The molecule has 0 spiro atoms. The Morgan fingerprint density at radius 1 is 1.23 bits per heavy atom. The minimum Gasteiger partial charge on any atom is -0.464 e. The topological polar surface area (TPSA) is 98.9 Å². The predicted octanol–water partition coefficient (Wildman–Crippen LogP) is 2.53. The number of benzene rings is 1. The van der Waals surface area contributed by atoms with Gasteiger partial charge in [0.15, 0.2) is 0 Å². The third kappa shape index (κ3) is 4.74. The van der Waals surface area contributed by atoms with E-state index in [2.05, 4.69) is 0 Å². The number of imide groups is 1. The van der Waals surface area contributed by atoms with E-state index in [4.69, 9.17) is 15.2 Å². The van der Waals surface area contributed by atoms with E-state index in [1.54, 1.807) is 39.8 Å². The number of nitrogens with two attached hydrogens (primary N) is 1. The Bertz CT molecular complexity index is 678. The number of nitrogens with zero attached hydrogens (tertiary/aromatic N) is 1. The monoisotopic (exact) mass is 362 g/mol. The van der Waals surface area contributed by atoms with Crippen LogP contribution in [0.15, 0.2) is 24.3 Å². The summed E-state index contributed by atoms with van der Waals surface area (Å²) in [7, 11) is 0. The first-order chi connectivity index (χ1) is 12.1. The summed E-state index contributed by atoms with van der Waals surface area (Å²) < 4.78 is 10.3. The quantitative estimate of drug-likeness (QED) is 0.653. The summed E-state index contributed by atoms with van der Waals surface area (Å²) in [4.78, 5) is 38.5. The van der Waals surface area contributed by atoms with Crippen molar-refractivity contribution in [1.29, 1.82) is 0 Å². The first kappa shape index (κ1) is 19.8. The number of nitrogen functional groups attached to an aromatic ring is 1. The standard InChI is InChI=1S/C19H26N2O5/c1-5-25-17(23)15-11-13(10-12-6-8-14(20)9-7-12)16(22)21(15)18(24)26-19(2,3)4/h6-9,13,15H,5,10-11,20H2,1-4H3/t13-,15+/m0/s1. The molecule has 1 aromatic rings. The molecule has 1 saturated heterocycles. The summed E-state index contributed by atoms with van der Waals surface area (Å²) in [6.45, 7) is 6.97. The van der Waals surface area contributed by atoms with Crippen LogP contribution in [0.5, 0.6) is 0 Å². The van der Waals surface area contributed by atoms with Crippen molar-refractivity contribution in [2.24, 2.45) is 5.92 Å². The van der Waals surface area contributed by atoms with Crippen LogP contribution in [-0.2, 0) is 25.5 Å². The average molecular weight is 362 g/mol. The van der Waals surface area contributed by atoms with E-state index in [1.165, 1.54) is 0 Å². The first-order valence-corrected chi connectivity index (χ1v) is 8.69. The predicted molar refractivity (Wildman–Crippen MR) is 96.2 cm³/mol. The Morgan fingerprint density at radius 2 is 1.85 bits per heavy atom. The Kier molecular flexibility index (Phi) is 5.90. The molecule has 26 heavy (non-hydrogen) atoms. The van der Waals surface area contributed by atoms with Crippen molar-refractivity contribution in [2.75, 3.05) is 12.3 Å². The highest BCUT2D eigenvalue weighted by molar-refractivity contribution is 6.00. The van der Waals surface area contributed by atoms with Crippen LogP contribution in [-0.4, -0.2) is 41.1 Å². The molecule has 7 heteroatoms. The molecule has 0 bridgehead atoms. The molecular weight excluding hydrogens is 336 g/mol. The van der Waals surface area contributed by atoms with E-state index in [9.17, 15) is 14.4 Å². The molecule has 0 saturated carbocycles. The van der Waals surface area contributed by atoms with Crippen molar-refractivity contribution in [3.8, 4) is 0 Å². The van der Waals surface area contributed by atoms with Gasteiger partial charge in [0.1, 0.15) is 11.6 Å². The molecule has 0 aromatic heterocycles. The van der Waals surface area contributed by atoms with Crippen molar-refractivity contribution in [3.05, 3.63) is 29.8 Å². The fourth-order valence-corrected chi connectivity index (χ4v) is 2.90. The Balaban J connectivity index is 2.22. The van der Waals surface area contributed by atoms with Gasteiger partial charge in [0, 0.05) is 11.6 Å². The Morgan fingerprint density at radius 3 is 2.38 bits per heavy atom. The number of ether oxygens (including phenoxy) is 2. The van der Waals surface area contributed by atoms with Crippen LogP contribution in [0.25, 0.3) is 0 Å². The molecule has 0 aliphatic carbocycles. The fraction of sp³-hybridized carbons (Fsp3) is 0.526. The number of anilines is 1. The molecule has 2 N–H and O–H groups in total. The van der Waals surface area contributed by atoms with Gasteiger partial charge in [-0.15, -0.1) is 0 Å². The lowest BCUT2D eigenvalue weighted by atomic mass is 9.96. The fourth-order valence-electron chi connectivity index (χ4n) is 2.90. The highest BCUT2D eigenvalue weighted by Crippen LogP contribution is 2.30. The molecule has 1 aliphatic heterocycles. The van der Waals surface area contributed by atoms with Crippen molar-refractivity contribution in [1.82, 2.24) is 4.90 Å². The summed E-state index contributed by atoms with van der Waals surface area (Å²) >= 11 is 0. The van der Waals surface area contributed by atoms with Crippen LogP contribution in [0.4, 0.5) is 10.5 Å². The minimum absolute atomic E-state index is 0.175. The molecule has 1 aliphatic rings. The molecular formula is C19H26N2O5. The first-order valence-electron chi connectivity index (χ1n) is 8.69. The molecule has 7 nitrogen and oxygen atoms in total. The van der Waals surface area contributed by atoms with E-state index in [0.717, 1.165) is 10.5 Å². The van der Waals surface area contributed by atoms with E-state index >= 15 is 0 Å². The molecule has 2 rings (SSSR count). The molecule has 2 amide bonds. The van der Waals surface area contributed by atoms with Gasteiger partial charge < -0.3 is 15.2 Å². The van der Waals surface area contributed by atoms with Gasteiger partial charge in [-0.2, -0.15) is 0 Å². The number of esters is 1. The number of hydrogen-bond acceptors (Lipinski definition) is 6. The van der Waals surface area contributed by atoms with Crippen molar-refractivity contribution < 1.29 is 23.9 Å². The summed E-state index contributed by atoms with van der Waals surface area (Å²) in [5.41, 5.74) is 6.45. The van der Waals surface area contributed by atoms with Gasteiger partial charge in [-0.3, -0.25) is 4.79 Å². The molecule has 1 heterocycles. The van der Waals surface area contributed by atoms with Gasteiger partial charge in [-0.25, -0.2) is 14.5 Å². The normalized spacial score (nSPS) is 20.2. The second-order valence-corrected chi connectivity index (χ2v) is 7.33. The zero-order chi connectivity index (χ0) is 19.5. The van der Waals surface area contributed by atoms with Gasteiger partial charge in [-0.05, 0) is 58.2 Å². The molecule has 1 aromatic carbocycles. The highest BCUT2D eigenvalue weighted by Gasteiger charge is 2.48. The smallest absolute Gasteiger partial charge is 0.417 e. The maximum absolute atomic E-state index is 12.8. The largest absolute Gasteiger partial charge is 0.464 e. The van der Waals surface area contributed by atoms with E-state index in [1.807, 2.05) is 12.1 Å². The van der Waals surface area contributed by atoms with Crippen LogP contribution in [0.1, 0.15) is 39.7 Å². The lowest BCUT2D eigenvalue weighted by Gasteiger charge is -2.26. The number of rotatable bonds is 4. The van der Waals surface area contributed by atoms with Gasteiger partial charge in [0.25, 0.3) is 0 Å². The number of hydrogen-bond donors (Lipinski definition) is 1. The van der Waals surface area contributed by atoms with E-state index in [0.29, 0.717) is 12.1 Å². The Hall–Kier alpha value is -2.57. The molecule has 0 radical (unpaired) electrons. The van der Waals surface area contributed by atoms with Crippen molar-refractivity contribution in [3.63, 3.8) is 0 Å². The summed E-state index contributed by atoms with van der Waals surface area (Å²) in [6, 6.07) is 6.21. The number of carbonyl (C=O) groups is 3. The molecule has 2 atom stereocenters. The van der Waals surface area contributed by atoms with E-state index in [-0.39, 0.29) is 13.0 Å². The number of amides is 2. The van der Waals surface area contributed by atoms with Crippen molar-refractivity contribution in [2.45, 2.75) is 52.2 Å². The summed E-state index contributed by atoms with van der Waals surface area (Å²) in [5, 5.41) is 0. The van der Waals surface area contributed by atoms with Crippen LogP contribution in [0.3, 0.4) is 0 Å². The lowest BCUT2D eigenvalue weighted by molar-refractivity contribution is -0.151. The SMILES string of the molecule is CCOC(=O)[C@H]1C[C@H](Cc2ccc(N)cc2)C(=O)N1C(=O)OC(C)(C)C. The summed E-state index contributed by atoms with van der Waals surface area (Å²) in [6.07, 6.45) is -0.198. The maximum Gasteiger partial charge on any atom is 0.417 e. The zero-order valence-electron chi connectivity index (χ0n) is 15.7. The second kappa shape index (κ2) is 7.76. The van der Waals surface area contributed by atoms with Crippen molar-refractivity contribution >= 4 is 23.7 Å². The Labute approximate surface area is 153 Å².